The number of ether oxygens (including phenoxy) is 1. The summed E-state index contributed by atoms with van der Waals surface area (Å²) in [6.45, 7) is 0.154. The normalized spacial score (nSPS) is 10.6. The van der Waals surface area contributed by atoms with Gasteiger partial charge in [-0.05, 0) is 0 Å². The first-order valence-corrected chi connectivity index (χ1v) is 5.48. The molecule has 1 aromatic rings. The number of amides is 1. The van der Waals surface area contributed by atoms with Gasteiger partial charge in [0.05, 0.1) is 12.8 Å². The third-order valence-electron chi connectivity index (χ3n) is 1.70. The van der Waals surface area contributed by atoms with Crippen molar-refractivity contribution in [2.75, 3.05) is 20.7 Å². The van der Waals surface area contributed by atoms with Crippen molar-refractivity contribution in [2.45, 2.75) is 12.7 Å². The van der Waals surface area contributed by atoms with Crippen LogP contribution in [-0.4, -0.2) is 53.0 Å². The Kier molecular flexibility index (Phi) is 4.66. The van der Waals surface area contributed by atoms with E-state index in [4.69, 9.17) is 14.9 Å². The first-order chi connectivity index (χ1) is 7.50. The molecule has 1 amide bonds. The van der Waals surface area contributed by atoms with E-state index in [1.54, 1.807) is 14.1 Å². The van der Waals surface area contributed by atoms with Gasteiger partial charge in [-0.1, -0.05) is 11.3 Å². The van der Waals surface area contributed by atoms with Crippen LogP contribution in [0.15, 0.2) is 6.20 Å². The van der Waals surface area contributed by atoms with Crippen molar-refractivity contribution >= 4 is 17.2 Å². The molecular formula is C9H14N2O4S. The molecule has 0 radical (unpaired) electrons. The zero-order chi connectivity index (χ0) is 12.1. The quantitative estimate of drug-likeness (QED) is 0.710. The van der Waals surface area contributed by atoms with Crippen molar-refractivity contribution in [3.63, 3.8) is 0 Å². The summed E-state index contributed by atoms with van der Waals surface area (Å²) in [6, 6.07) is 0. The van der Waals surface area contributed by atoms with E-state index in [9.17, 15) is 4.79 Å². The molecule has 0 aliphatic rings. The number of carbonyl (C=O) groups excluding carboxylic acids is 1. The Hall–Kier alpha value is -1.18. The Bertz CT molecular complexity index is 351. The summed E-state index contributed by atoms with van der Waals surface area (Å²) < 4.78 is 5.14. The fourth-order valence-corrected chi connectivity index (χ4v) is 1.71. The van der Waals surface area contributed by atoms with E-state index in [1.165, 1.54) is 11.1 Å². The number of hydrogen-bond acceptors (Lipinski definition) is 6. The lowest BCUT2D eigenvalue weighted by atomic mass is 10.4. The van der Waals surface area contributed by atoms with Crippen molar-refractivity contribution in [1.29, 1.82) is 0 Å². The lowest BCUT2D eigenvalue weighted by molar-refractivity contribution is -0.0519. The molecule has 16 heavy (non-hydrogen) atoms. The van der Waals surface area contributed by atoms with E-state index in [-0.39, 0.29) is 18.9 Å². The van der Waals surface area contributed by atoms with Crippen LogP contribution < -0.4 is 4.74 Å². The largest absolute Gasteiger partial charge is 0.470 e. The van der Waals surface area contributed by atoms with Gasteiger partial charge in [0.1, 0.15) is 4.88 Å². The fraction of sp³-hybridized carbons (Fsp3) is 0.556. The van der Waals surface area contributed by atoms with Crippen molar-refractivity contribution in [2.24, 2.45) is 0 Å². The first-order valence-electron chi connectivity index (χ1n) is 4.67. The van der Waals surface area contributed by atoms with Crippen LogP contribution in [0, 0.1) is 0 Å². The molecule has 0 spiro atoms. The fourth-order valence-electron chi connectivity index (χ4n) is 0.896. The van der Waals surface area contributed by atoms with Gasteiger partial charge in [0, 0.05) is 20.5 Å². The molecule has 0 fully saturated rings. The van der Waals surface area contributed by atoms with Crippen LogP contribution in [0.5, 0.6) is 5.19 Å². The summed E-state index contributed by atoms with van der Waals surface area (Å²) in [5, 5.41) is 17.5. The zero-order valence-corrected chi connectivity index (χ0v) is 9.90. The molecule has 90 valence electrons. The molecule has 0 atom stereocenters. The maximum Gasteiger partial charge on any atom is 0.273 e. The number of carbonyl (C=O) groups is 1. The van der Waals surface area contributed by atoms with Crippen LogP contribution >= 0.6 is 11.3 Å². The number of rotatable bonds is 5. The Morgan fingerprint density at radius 2 is 2.31 bits per heavy atom. The summed E-state index contributed by atoms with van der Waals surface area (Å²) >= 11 is 1.13. The molecule has 2 N–H and O–H groups in total. The van der Waals surface area contributed by atoms with Gasteiger partial charge in [0.15, 0.2) is 6.29 Å². The van der Waals surface area contributed by atoms with Crippen LogP contribution in [0.3, 0.4) is 0 Å². The molecule has 0 unspecified atom stereocenters. The molecule has 1 heterocycles. The average Bonchev–Trinajstić information content (AvgIpc) is 2.64. The van der Waals surface area contributed by atoms with E-state index < -0.39 is 6.29 Å². The molecule has 6 nitrogen and oxygen atoms in total. The molecule has 0 bridgehead atoms. The molecule has 0 saturated heterocycles. The molecule has 0 aliphatic carbocycles. The number of aromatic nitrogens is 1. The molecule has 0 aromatic carbocycles. The van der Waals surface area contributed by atoms with E-state index in [1.807, 2.05) is 0 Å². The topological polar surface area (TPSA) is 82.9 Å². The van der Waals surface area contributed by atoms with Crippen LogP contribution in [-0.2, 0) is 0 Å². The number of thiazole rings is 1. The number of hydrogen-bond donors (Lipinski definition) is 2. The van der Waals surface area contributed by atoms with Crippen LogP contribution in [0.25, 0.3) is 0 Å². The highest BCUT2D eigenvalue weighted by molar-refractivity contribution is 7.15. The SMILES string of the molecule is CN(C)C(=O)c1cnc(OCCC(O)O)s1. The van der Waals surface area contributed by atoms with Crippen molar-refractivity contribution in [1.82, 2.24) is 9.88 Å². The van der Waals surface area contributed by atoms with Gasteiger partial charge >= 0.3 is 0 Å². The third-order valence-corrected chi connectivity index (χ3v) is 2.60. The van der Waals surface area contributed by atoms with Gasteiger partial charge in [-0.2, -0.15) is 0 Å². The van der Waals surface area contributed by atoms with E-state index in [2.05, 4.69) is 4.98 Å². The van der Waals surface area contributed by atoms with Crippen LogP contribution in [0.2, 0.25) is 0 Å². The lowest BCUT2D eigenvalue weighted by Crippen LogP contribution is -2.20. The second-order valence-corrected chi connectivity index (χ2v) is 4.30. The summed E-state index contributed by atoms with van der Waals surface area (Å²) in [5.74, 6) is -0.130. The van der Waals surface area contributed by atoms with Crippen molar-refractivity contribution in [3.05, 3.63) is 11.1 Å². The third kappa shape index (κ3) is 3.76. The Morgan fingerprint density at radius 1 is 1.62 bits per heavy atom. The Morgan fingerprint density at radius 3 is 2.88 bits per heavy atom. The van der Waals surface area contributed by atoms with Gasteiger partial charge in [-0.25, -0.2) is 4.98 Å². The Labute approximate surface area is 97.1 Å². The highest BCUT2D eigenvalue weighted by Crippen LogP contribution is 2.21. The maximum atomic E-state index is 11.5. The smallest absolute Gasteiger partial charge is 0.273 e. The van der Waals surface area contributed by atoms with Crippen LogP contribution in [0.4, 0.5) is 0 Å². The van der Waals surface area contributed by atoms with E-state index in [0.717, 1.165) is 11.3 Å². The van der Waals surface area contributed by atoms with Crippen molar-refractivity contribution < 1.29 is 19.7 Å². The molecular weight excluding hydrogens is 232 g/mol. The standard InChI is InChI=1S/C9H14N2O4S/c1-11(2)8(14)6-5-10-9(16-6)15-4-3-7(12)13/h5,7,12-13H,3-4H2,1-2H3. The van der Waals surface area contributed by atoms with E-state index >= 15 is 0 Å². The number of aliphatic hydroxyl groups excluding tert-OH is 1. The monoisotopic (exact) mass is 246 g/mol. The summed E-state index contributed by atoms with van der Waals surface area (Å²) in [5.41, 5.74) is 0. The second kappa shape index (κ2) is 5.78. The zero-order valence-electron chi connectivity index (χ0n) is 9.08. The first kappa shape index (κ1) is 12.9. The maximum absolute atomic E-state index is 11.5. The predicted octanol–water partition coefficient (Wildman–Crippen LogP) is -0.0755. The van der Waals surface area contributed by atoms with Gasteiger partial charge in [-0.15, -0.1) is 0 Å². The number of nitrogens with zero attached hydrogens (tertiary/aromatic N) is 2. The Balaban J connectivity index is 2.48. The lowest BCUT2D eigenvalue weighted by Gasteiger charge is -2.06. The molecule has 0 saturated carbocycles. The minimum atomic E-state index is -1.39. The highest BCUT2D eigenvalue weighted by atomic mass is 32.1. The molecule has 1 rings (SSSR count). The predicted molar refractivity (Wildman–Crippen MR) is 58.5 cm³/mol. The van der Waals surface area contributed by atoms with E-state index in [0.29, 0.717) is 10.1 Å². The molecule has 7 heteroatoms. The van der Waals surface area contributed by atoms with Gasteiger partial charge in [0.25, 0.3) is 11.1 Å². The minimum Gasteiger partial charge on any atom is -0.470 e. The van der Waals surface area contributed by atoms with Gasteiger partial charge in [-0.3, -0.25) is 4.79 Å². The van der Waals surface area contributed by atoms with Gasteiger partial charge < -0.3 is 19.8 Å². The molecule has 1 aromatic heterocycles. The number of aliphatic hydroxyl groups is 2. The van der Waals surface area contributed by atoms with Gasteiger partial charge in [0.2, 0.25) is 0 Å². The van der Waals surface area contributed by atoms with Crippen molar-refractivity contribution in [3.8, 4) is 5.19 Å². The summed E-state index contributed by atoms with van der Waals surface area (Å²) in [7, 11) is 3.31. The van der Waals surface area contributed by atoms with Crippen LogP contribution in [0.1, 0.15) is 16.1 Å². The molecule has 0 aliphatic heterocycles. The summed E-state index contributed by atoms with van der Waals surface area (Å²) in [4.78, 5) is 17.3. The highest BCUT2D eigenvalue weighted by Gasteiger charge is 2.12. The minimum absolute atomic E-state index is 0.108. The summed E-state index contributed by atoms with van der Waals surface area (Å²) in [6.07, 6.45) is 0.164. The second-order valence-electron chi connectivity index (χ2n) is 3.31. The average molecular weight is 246 g/mol.